The summed E-state index contributed by atoms with van der Waals surface area (Å²) in [6, 6.07) is 4.25. The Morgan fingerprint density at radius 3 is 2.71 bits per heavy atom. The zero-order chi connectivity index (χ0) is 15.7. The second kappa shape index (κ2) is 5.63. The quantitative estimate of drug-likeness (QED) is 0.884. The summed E-state index contributed by atoms with van der Waals surface area (Å²) in [7, 11) is -3.11. The molecular weight excluding hydrogens is 295 g/mol. The van der Waals surface area contributed by atoms with Crippen molar-refractivity contribution < 1.29 is 17.6 Å². The first-order chi connectivity index (χ1) is 9.76. The molecule has 116 valence electrons. The number of hydrogen-bond acceptors (Lipinski definition) is 4. The van der Waals surface area contributed by atoms with Crippen LogP contribution < -0.4 is 10.6 Å². The van der Waals surface area contributed by atoms with E-state index in [1.54, 1.807) is 13.8 Å². The molecule has 0 radical (unpaired) electrons. The average molecular weight is 314 g/mol. The number of anilines is 1. The van der Waals surface area contributed by atoms with Gasteiger partial charge in [-0.3, -0.25) is 4.79 Å². The number of carbonyl (C=O) groups is 1. The molecular formula is C14H19FN2O3S. The third kappa shape index (κ3) is 3.53. The van der Waals surface area contributed by atoms with Crippen LogP contribution in [-0.4, -0.2) is 37.9 Å². The molecule has 0 aliphatic carbocycles. The molecule has 1 fully saturated rings. The van der Waals surface area contributed by atoms with E-state index in [4.69, 9.17) is 0 Å². The van der Waals surface area contributed by atoms with E-state index in [1.807, 2.05) is 0 Å². The van der Waals surface area contributed by atoms with Gasteiger partial charge in [0.2, 0.25) is 0 Å². The number of amides is 1. The van der Waals surface area contributed by atoms with Gasteiger partial charge < -0.3 is 10.6 Å². The lowest BCUT2D eigenvalue weighted by Crippen LogP contribution is -2.47. The normalized spacial score (nSPS) is 23.8. The number of hydrogen-bond donors (Lipinski definition) is 2. The van der Waals surface area contributed by atoms with Crippen molar-refractivity contribution in [2.24, 2.45) is 0 Å². The summed E-state index contributed by atoms with van der Waals surface area (Å²) in [6.07, 6.45) is 0.368. The van der Waals surface area contributed by atoms with E-state index in [0.29, 0.717) is 13.0 Å². The fourth-order valence-electron chi connectivity index (χ4n) is 2.52. The Bertz CT molecular complexity index is 660. The summed E-state index contributed by atoms with van der Waals surface area (Å²) in [6.45, 7) is 3.98. The fourth-order valence-corrected chi connectivity index (χ4v) is 4.61. The molecule has 21 heavy (non-hydrogen) atoms. The highest BCUT2D eigenvalue weighted by atomic mass is 32.2. The smallest absolute Gasteiger partial charge is 0.253 e. The summed E-state index contributed by atoms with van der Waals surface area (Å²) in [5.41, 5.74) is -0.476. The molecule has 1 aliphatic heterocycles. The standard InChI is InChI=1S/C14H19FN2O3S/c1-3-16-12-10(5-4-6-11(12)15)13(18)17-14(2)7-8-21(19,20)9-14/h4-6,16H,3,7-9H2,1-2H3,(H,17,18). The molecule has 1 aromatic rings. The van der Waals surface area contributed by atoms with Crippen molar-refractivity contribution in [3.8, 4) is 0 Å². The molecule has 1 heterocycles. The summed E-state index contributed by atoms with van der Waals surface area (Å²) in [4.78, 5) is 12.4. The molecule has 1 aromatic carbocycles. The molecule has 7 heteroatoms. The van der Waals surface area contributed by atoms with Crippen molar-refractivity contribution in [2.75, 3.05) is 23.4 Å². The molecule has 0 saturated carbocycles. The van der Waals surface area contributed by atoms with E-state index >= 15 is 0 Å². The molecule has 1 atom stereocenters. The monoisotopic (exact) mass is 314 g/mol. The first-order valence-corrected chi connectivity index (χ1v) is 8.64. The SMILES string of the molecule is CCNc1c(F)cccc1C(=O)NC1(C)CCS(=O)(=O)C1. The lowest BCUT2D eigenvalue weighted by atomic mass is 10.0. The Kier molecular flexibility index (Phi) is 4.22. The molecule has 1 amide bonds. The molecule has 0 bridgehead atoms. The highest BCUT2D eigenvalue weighted by molar-refractivity contribution is 7.91. The Morgan fingerprint density at radius 2 is 2.14 bits per heavy atom. The van der Waals surface area contributed by atoms with Crippen LogP contribution in [0, 0.1) is 5.82 Å². The largest absolute Gasteiger partial charge is 0.382 e. The zero-order valence-corrected chi connectivity index (χ0v) is 12.9. The van der Waals surface area contributed by atoms with E-state index in [2.05, 4.69) is 10.6 Å². The lowest BCUT2D eigenvalue weighted by molar-refractivity contribution is 0.0916. The van der Waals surface area contributed by atoms with Crippen LogP contribution in [0.2, 0.25) is 0 Å². The first kappa shape index (κ1) is 15.8. The minimum Gasteiger partial charge on any atom is -0.382 e. The van der Waals surface area contributed by atoms with E-state index < -0.39 is 27.1 Å². The van der Waals surface area contributed by atoms with Gasteiger partial charge >= 0.3 is 0 Å². The van der Waals surface area contributed by atoms with Gasteiger partial charge in [0.1, 0.15) is 5.82 Å². The molecule has 1 aliphatic rings. The zero-order valence-electron chi connectivity index (χ0n) is 12.1. The van der Waals surface area contributed by atoms with Crippen LogP contribution in [0.4, 0.5) is 10.1 Å². The Morgan fingerprint density at radius 1 is 1.43 bits per heavy atom. The highest BCUT2D eigenvalue weighted by Crippen LogP contribution is 2.25. The number of nitrogens with one attached hydrogen (secondary N) is 2. The van der Waals surface area contributed by atoms with Crippen LogP contribution in [0.15, 0.2) is 18.2 Å². The molecule has 1 saturated heterocycles. The Labute approximate surface area is 123 Å². The number of para-hydroxylation sites is 1. The molecule has 2 rings (SSSR count). The van der Waals surface area contributed by atoms with Crippen LogP contribution in [-0.2, 0) is 9.84 Å². The maximum atomic E-state index is 13.8. The van der Waals surface area contributed by atoms with Crippen molar-refractivity contribution in [3.63, 3.8) is 0 Å². The van der Waals surface area contributed by atoms with Gasteiger partial charge in [-0.1, -0.05) is 6.07 Å². The number of benzene rings is 1. The van der Waals surface area contributed by atoms with E-state index in [-0.39, 0.29) is 22.8 Å². The van der Waals surface area contributed by atoms with Crippen molar-refractivity contribution in [3.05, 3.63) is 29.6 Å². The average Bonchev–Trinajstić information content (AvgIpc) is 2.65. The summed E-state index contributed by atoms with van der Waals surface area (Å²) in [5, 5.41) is 5.55. The van der Waals surface area contributed by atoms with Gasteiger partial charge in [-0.05, 0) is 32.4 Å². The maximum absolute atomic E-state index is 13.8. The van der Waals surface area contributed by atoms with Gasteiger partial charge in [-0.25, -0.2) is 12.8 Å². The fraction of sp³-hybridized carbons (Fsp3) is 0.500. The maximum Gasteiger partial charge on any atom is 0.253 e. The predicted molar refractivity (Wildman–Crippen MR) is 79.7 cm³/mol. The van der Waals surface area contributed by atoms with Crippen LogP contribution >= 0.6 is 0 Å². The number of rotatable bonds is 4. The topological polar surface area (TPSA) is 75.3 Å². The van der Waals surface area contributed by atoms with Gasteiger partial charge in [-0.2, -0.15) is 0 Å². The van der Waals surface area contributed by atoms with Crippen molar-refractivity contribution in [1.82, 2.24) is 5.32 Å². The number of halogens is 1. The first-order valence-electron chi connectivity index (χ1n) is 6.82. The van der Waals surface area contributed by atoms with Crippen molar-refractivity contribution in [2.45, 2.75) is 25.8 Å². The van der Waals surface area contributed by atoms with Crippen LogP contribution in [0.3, 0.4) is 0 Å². The predicted octanol–water partition coefficient (Wildman–Crippen LogP) is 1.56. The molecule has 2 N–H and O–H groups in total. The van der Waals surface area contributed by atoms with Gasteiger partial charge in [0, 0.05) is 6.54 Å². The summed E-state index contributed by atoms with van der Waals surface area (Å²) in [5.74, 6) is -0.997. The van der Waals surface area contributed by atoms with E-state index in [0.717, 1.165) is 0 Å². The van der Waals surface area contributed by atoms with Crippen LogP contribution in [0.5, 0.6) is 0 Å². The second-order valence-corrected chi connectivity index (χ2v) is 7.73. The van der Waals surface area contributed by atoms with Crippen LogP contribution in [0.1, 0.15) is 30.6 Å². The lowest BCUT2D eigenvalue weighted by Gasteiger charge is -2.24. The van der Waals surface area contributed by atoms with Gasteiger partial charge in [0.25, 0.3) is 5.91 Å². The second-order valence-electron chi connectivity index (χ2n) is 5.55. The third-order valence-corrected chi connectivity index (χ3v) is 5.43. The van der Waals surface area contributed by atoms with E-state index in [9.17, 15) is 17.6 Å². The van der Waals surface area contributed by atoms with Crippen LogP contribution in [0.25, 0.3) is 0 Å². The third-order valence-electron chi connectivity index (χ3n) is 3.53. The Balaban J connectivity index is 2.24. The van der Waals surface area contributed by atoms with Crippen molar-refractivity contribution in [1.29, 1.82) is 0 Å². The molecule has 0 spiro atoms. The molecule has 0 aromatic heterocycles. The van der Waals surface area contributed by atoms with E-state index in [1.165, 1.54) is 18.2 Å². The number of carbonyl (C=O) groups excluding carboxylic acids is 1. The number of sulfone groups is 1. The summed E-state index contributed by atoms with van der Waals surface area (Å²) >= 11 is 0. The van der Waals surface area contributed by atoms with Gasteiger partial charge in [-0.15, -0.1) is 0 Å². The minimum atomic E-state index is -3.11. The molecule has 5 nitrogen and oxygen atoms in total. The highest BCUT2D eigenvalue weighted by Gasteiger charge is 2.39. The Hall–Kier alpha value is -1.63. The minimum absolute atomic E-state index is 0.0625. The van der Waals surface area contributed by atoms with Gasteiger partial charge in [0.15, 0.2) is 9.84 Å². The van der Waals surface area contributed by atoms with Gasteiger partial charge in [0.05, 0.1) is 28.3 Å². The van der Waals surface area contributed by atoms with Crippen molar-refractivity contribution >= 4 is 21.4 Å². The summed E-state index contributed by atoms with van der Waals surface area (Å²) < 4.78 is 36.9. The molecule has 1 unspecified atom stereocenters.